The Morgan fingerprint density at radius 1 is 1.14 bits per heavy atom. The van der Waals surface area contributed by atoms with Crippen molar-refractivity contribution in [2.24, 2.45) is 17.8 Å². The standard InChI is InChI=1S/C36H47Cl2IN2O8/c1-20(2)26-8-5-21(3)11-30(26)48-19-33(44)41(17-23-6-7-25(37)16-27(23)38)29-14-24(36(46)40-9-10-42)15-31(34(29)45)49-35-28(39)12-22(18-43)13-32(35)47-4/h6-7,12-13,15-16,20-21,26,29-31,34,42-43,45H,5,8-11,14,17-19H2,1-4H3,(H,40,46)/t21-,26+,29+,30-,31-,34-/m0/s1. The highest BCUT2D eigenvalue weighted by Gasteiger charge is 2.42. The summed E-state index contributed by atoms with van der Waals surface area (Å²) in [7, 11) is 1.47. The van der Waals surface area contributed by atoms with Gasteiger partial charge in [0.15, 0.2) is 11.5 Å². The maximum atomic E-state index is 14.3. The number of carbonyl (C=O) groups is 2. The highest BCUT2D eigenvalue weighted by Crippen LogP contribution is 2.38. The van der Waals surface area contributed by atoms with Gasteiger partial charge in [-0.3, -0.25) is 9.59 Å². The Hall–Kier alpha value is -2.13. The number of halogens is 3. The molecule has 0 spiro atoms. The number of rotatable bonds is 14. The molecule has 13 heteroatoms. The van der Waals surface area contributed by atoms with Crippen LogP contribution in [-0.2, 0) is 27.5 Å². The molecule has 2 aromatic rings. The van der Waals surface area contributed by atoms with Gasteiger partial charge in [0.2, 0.25) is 11.8 Å². The molecule has 0 heterocycles. The topological polar surface area (TPSA) is 138 Å². The van der Waals surface area contributed by atoms with E-state index in [4.69, 9.17) is 37.4 Å². The summed E-state index contributed by atoms with van der Waals surface area (Å²) in [6.07, 6.45) is 2.08. The Labute approximate surface area is 312 Å². The Kier molecular flexibility index (Phi) is 14.9. The molecular formula is C36H47Cl2IN2O8. The number of aliphatic hydroxyl groups is 3. The number of nitrogens with one attached hydrogen (secondary N) is 1. The van der Waals surface area contributed by atoms with E-state index in [0.717, 1.165) is 19.3 Å². The number of hydrogen-bond acceptors (Lipinski definition) is 8. The highest BCUT2D eigenvalue weighted by molar-refractivity contribution is 14.1. The van der Waals surface area contributed by atoms with Crippen LogP contribution in [0, 0.1) is 21.3 Å². The second-order valence-electron chi connectivity index (χ2n) is 13.2. The van der Waals surface area contributed by atoms with Crippen LogP contribution in [0.4, 0.5) is 0 Å². The van der Waals surface area contributed by atoms with Crippen molar-refractivity contribution in [1.82, 2.24) is 10.2 Å². The summed E-state index contributed by atoms with van der Waals surface area (Å²) in [5, 5.41) is 34.5. The van der Waals surface area contributed by atoms with Crippen LogP contribution in [0.3, 0.4) is 0 Å². The van der Waals surface area contributed by atoms with Gasteiger partial charge >= 0.3 is 0 Å². The minimum atomic E-state index is -1.29. The summed E-state index contributed by atoms with van der Waals surface area (Å²) in [5.74, 6) is 1.01. The van der Waals surface area contributed by atoms with Gasteiger partial charge in [-0.25, -0.2) is 0 Å². The van der Waals surface area contributed by atoms with E-state index in [2.05, 4.69) is 48.7 Å². The molecule has 270 valence electrons. The number of ether oxygens (including phenoxy) is 3. The second kappa shape index (κ2) is 18.4. The third kappa shape index (κ3) is 10.2. The van der Waals surface area contributed by atoms with Crippen LogP contribution in [-0.4, -0.2) is 83.3 Å². The molecule has 2 aliphatic carbocycles. The monoisotopic (exact) mass is 832 g/mol. The predicted octanol–water partition coefficient (Wildman–Crippen LogP) is 5.52. The summed E-state index contributed by atoms with van der Waals surface area (Å²) < 4.78 is 18.9. The maximum absolute atomic E-state index is 14.3. The van der Waals surface area contributed by atoms with E-state index in [1.54, 1.807) is 30.3 Å². The Morgan fingerprint density at radius 3 is 2.55 bits per heavy atom. The Bertz CT molecular complexity index is 1490. The molecule has 0 unspecified atom stereocenters. The lowest BCUT2D eigenvalue weighted by Gasteiger charge is -2.41. The number of nitrogens with zero attached hydrogens (tertiary/aromatic N) is 1. The molecule has 2 aliphatic rings. The Balaban J connectivity index is 1.71. The number of hydrogen-bond donors (Lipinski definition) is 4. The van der Waals surface area contributed by atoms with Crippen molar-refractivity contribution in [2.75, 3.05) is 26.9 Å². The van der Waals surface area contributed by atoms with Gasteiger partial charge in [0.25, 0.3) is 0 Å². The summed E-state index contributed by atoms with van der Waals surface area (Å²) in [6.45, 7) is 5.91. The van der Waals surface area contributed by atoms with E-state index in [1.807, 2.05) is 0 Å². The fourth-order valence-electron chi connectivity index (χ4n) is 6.69. The lowest BCUT2D eigenvalue weighted by atomic mass is 9.75. The lowest BCUT2D eigenvalue weighted by molar-refractivity contribution is -0.149. The number of methoxy groups -OCH3 is 1. The second-order valence-corrected chi connectivity index (χ2v) is 15.2. The van der Waals surface area contributed by atoms with Gasteiger partial charge in [-0.05, 0) is 94.7 Å². The molecular weight excluding hydrogens is 786 g/mol. The first kappa shape index (κ1) is 39.7. The molecule has 1 fully saturated rings. The SMILES string of the molecule is COc1cc(CO)cc(I)c1O[C@H]1C=C(C(=O)NCCO)C[C@@H](N(Cc2ccc(Cl)cc2Cl)C(=O)CO[C@H]2C[C@@H](C)CC[C@@H]2C(C)C)[C@@H]1O. The van der Waals surface area contributed by atoms with Gasteiger partial charge < -0.3 is 39.7 Å². The molecule has 0 bridgehead atoms. The molecule has 6 atom stereocenters. The number of aliphatic hydroxyl groups excluding tert-OH is 3. The van der Waals surface area contributed by atoms with Gasteiger partial charge in [0.05, 0.1) is 36.0 Å². The van der Waals surface area contributed by atoms with Crippen LogP contribution in [0.1, 0.15) is 57.6 Å². The summed E-state index contributed by atoms with van der Waals surface area (Å²) in [5.41, 5.74) is 1.49. The first-order valence-electron chi connectivity index (χ1n) is 16.6. The minimum Gasteiger partial charge on any atom is -0.493 e. The third-order valence-electron chi connectivity index (χ3n) is 9.40. The van der Waals surface area contributed by atoms with Crippen LogP contribution in [0.15, 0.2) is 42.0 Å². The molecule has 0 saturated heterocycles. The summed E-state index contributed by atoms with van der Waals surface area (Å²) >= 11 is 14.8. The highest BCUT2D eigenvalue weighted by atomic mass is 127. The van der Waals surface area contributed by atoms with Gasteiger partial charge in [0.1, 0.15) is 18.8 Å². The Morgan fingerprint density at radius 2 is 1.90 bits per heavy atom. The molecule has 1 saturated carbocycles. The lowest BCUT2D eigenvalue weighted by Crippen LogP contribution is -2.55. The normalized spacial score (nSPS) is 23.9. The molecule has 2 amide bonds. The number of carbonyl (C=O) groups excluding carboxylic acids is 2. The van der Waals surface area contributed by atoms with E-state index in [1.165, 1.54) is 18.1 Å². The van der Waals surface area contributed by atoms with Crippen LogP contribution >= 0.6 is 45.8 Å². The number of benzene rings is 2. The molecule has 2 aromatic carbocycles. The smallest absolute Gasteiger partial charge is 0.249 e. The molecule has 0 radical (unpaired) electrons. The van der Waals surface area contributed by atoms with Crippen molar-refractivity contribution in [1.29, 1.82) is 0 Å². The number of amides is 2. The van der Waals surface area contributed by atoms with Crippen molar-refractivity contribution in [3.05, 3.63) is 66.7 Å². The predicted molar refractivity (Wildman–Crippen MR) is 197 cm³/mol. The van der Waals surface area contributed by atoms with E-state index in [0.29, 0.717) is 54.0 Å². The molecule has 4 rings (SSSR count). The van der Waals surface area contributed by atoms with Crippen molar-refractivity contribution in [3.8, 4) is 11.5 Å². The fourth-order valence-corrected chi connectivity index (χ4v) is 7.95. The molecule has 4 N–H and O–H groups in total. The zero-order valence-electron chi connectivity index (χ0n) is 28.3. The average molecular weight is 834 g/mol. The van der Waals surface area contributed by atoms with Crippen molar-refractivity contribution in [2.45, 2.75) is 84.0 Å². The van der Waals surface area contributed by atoms with Crippen molar-refractivity contribution in [3.63, 3.8) is 0 Å². The molecule has 0 aromatic heterocycles. The molecule has 0 aliphatic heterocycles. The molecule has 49 heavy (non-hydrogen) atoms. The third-order valence-corrected chi connectivity index (χ3v) is 10.8. The van der Waals surface area contributed by atoms with Crippen LogP contribution in [0.25, 0.3) is 0 Å². The first-order valence-corrected chi connectivity index (χ1v) is 18.5. The van der Waals surface area contributed by atoms with E-state index in [-0.39, 0.29) is 56.9 Å². The summed E-state index contributed by atoms with van der Waals surface area (Å²) in [6, 6.07) is 7.44. The van der Waals surface area contributed by atoms with E-state index >= 15 is 0 Å². The fraction of sp³-hybridized carbons (Fsp3) is 0.556. The van der Waals surface area contributed by atoms with Crippen LogP contribution < -0.4 is 14.8 Å². The van der Waals surface area contributed by atoms with Gasteiger partial charge in [-0.15, -0.1) is 0 Å². The first-order chi connectivity index (χ1) is 23.4. The van der Waals surface area contributed by atoms with Crippen molar-refractivity contribution < 1.29 is 39.1 Å². The van der Waals surface area contributed by atoms with Crippen molar-refractivity contribution >= 4 is 57.6 Å². The average Bonchev–Trinajstić information content (AvgIpc) is 3.07. The maximum Gasteiger partial charge on any atom is 0.249 e. The van der Waals surface area contributed by atoms with Crippen LogP contribution in [0.2, 0.25) is 10.0 Å². The zero-order chi connectivity index (χ0) is 35.8. The van der Waals surface area contributed by atoms with E-state index < -0.39 is 24.2 Å². The zero-order valence-corrected chi connectivity index (χ0v) is 32.0. The van der Waals surface area contributed by atoms with Gasteiger partial charge in [-0.2, -0.15) is 0 Å². The van der Waals surface area contributed by atoms with Gasteiger partial charge in [-0.1, -0.05) is 56.5 Å². The molecule has 10 nitrogen and oxygen atoms in total. The van der Waals surface area contributed by atoms with E-state index in [9.17, 15) is 24.9 Å². The summed E-state index contributed by atoms with van der Waals surface area (Å²) in [4.78, 5) is 29.1. The largest absolute Gasteiger partial charge is 0.493 e. The van der Waals surface area contributed by atoms with Crippen LogP contribution in [0.5, 0.6) is 11.5 Å². The minimum absolute atomic E-state index is 0.00198. The quantitative estimate of drug-likeness (QED) is 0.183. The van der Waals surface area contributed by atoms with Gasteiger partial charge in [0, 0.05) is 35.1 Å².